The molecule has 0 aromatic carbocycles. The number of ether oxygens (including phenoxy) is 1. The minimum atomic E-state index is -0.475. The number of carbonyl (C=O) groups excluding carboxylic acids is 1. The Hall–Kier alpha value is -1.69. The van der Waals surface area contributed by atoms with Crippen LogP contribution < -0.4 is 0 Å². The summed E-state index contributed by atoms with van der Waals surface area (Å²) in [6.07, 6.45) is 7.42. The van der Waals surface area contributed by atoms with Crippen molar-refractivity contribution < 1.29 is 9.53 Å². The molecular weight excluding hydrogens is 352 g/mol. The Labute approximate surface area is 170 Å². The summed E-state index contributed by atoms with van der Waals surface area (Å²) in [7, 11) is 1.81. The molecule has 1 amide bonds. The fourth-order valence-corrected chi connectivity index (χ4v) is 3.66. The lowest BCUT2D eigenvalue weighted by Gasteiger charge is -2.29. The summed E-state index contributed by atoms with van der Waals surface area (Å²) < 4.78 is 5.49. The maximum Gasteiger partial charge on any atom is 0.410 e. The molecule has 1 aromatic heterocycles. The van der Waals surface area contributed by atoms with Crippen LogP contribution in [0.2, 0.25) is 0 Å². The van der Waals surface area contributed by atoms with E-state index >= 15 is 0 Å². The molecule has 2 heterocycles. The van der Waals surface area contributed by atoms with Crippen molar-refractivity contribution in [1.82, 2.24) is 19.8 Å². The van der Waals surface area contributed by atoms with E-state index < -0.39 is 5.60 Å². The summed E-state index contributed by atoms with van der Waals surface area (Å²) in [6, 6.07) is 0. The molecule has 1 atom stereocenters. The van der Waals surface area contributed by atoms with Gasteiger partial charge in [0.05, 0.1) is 17.1 Å². The van der Waals surface area contributed by atoms with E-state index in [0.29, 0.717) is 12.5 Å². The van der Waals surface area contributed by atoms with Gasteiger partial charge in [0.15, 0.2) is 0 Å². The van der Waals surface area contributed by atoms with Crippen LogP contribution in [0.1, 0.15) is 75.9 Å². The number of aryl methyl sites for hydroxylation is 2. The average Bonchev–Trinajstić information content (AvgIpc) is 2.63. The van der Waals surface area contributed by atoms with Crippen LogP contribution >= 0.6 is 0 Å². The molecule has 28 heavy (non-hydrogen) atoms. The molecule has 0 N–H and O–H groups in total. The van der Waals surface area contributed by atoms with Crippen molar-refractivity contribution in [2.75, 3.05) is 33.2 Å². The zero-order valence-electron chi connectivity index (χ0n) is 18.6. The Morgan fingerprint density at radius 3 is 2.54 bits per heavy atom. The maximum atomic E-state index is 12.3. The van der Waals surface area contributed by atoms with Gasteiger partial charge in [0.25, 0.3) is 0 Å². The predicted octanol–water partition coefficient (Wildman–Crippen LogP) is 4.31. The van der Waals surface area contributed by atoms with E-state index in [1.54, 1.807) is 4.90 Å². The highest BCUT2D eigenvalue weighted by Crippen LogP contribution is 2.26. The van der Waals surface area contributed by atoms with E-state index in [9.17, 15) is 4.79 Å². The number of rotatable bonds is 7. The topological polar surface area (TPSA) is 58.6 Å². The van der Waals surface area contributed by atoms with Crippen molar-refractivity contribution in [3.05, 3.63) is 23.3 Å². The molecule has 0 spiro atoms. The fraction of sp³-hybridized carbons (Fsp3) is 0.773. The Balaban J connectivity index is 2.02. The highest BCUT2D eigenvalue weighted by atomic mass is 16.6. The van der Waals surface area contributed by atoms with E-state index in [-0.39, 0.29) is 6.09 Å². The van der Waals surface area contributed by atoms with Crippen molar-refractivity contribution in [3.63, 3.8) is 0 Å². The molecule has 6 heteroatoms. The standard InChI is InChI=1S/C22H38N4O2/c1-17-16-23-18(2)20(24-17)19(11-15-26-12-8-7-9-13-26)10-14-25(6)21(27)28-22(3,4)5/h16,19H,7-15H2,1-6H3. The van der Waals surface area contributed by atoms with Gasteiger partial charge in [0.2, 0.25) is 0 Å². The number of carbonyl (C=O) groups is 1. The first-order valence-electron chi connectivity index (χ1n) is 10.6. The summed E-state index contributed by atoms with van der Waals surface area (Å²) in [5.74, 6) is 0.291. The average molecular weight is 391 g/mol. The third kappa shape index (κ3) is 7.38. The number of hydrogen-bond acceptors (Lipinski definition) is 5. The summed E-state index contributed by atoms with van der Waals surface area (Å²) >= 11 is 0. The minimum absolute atomic E-state index is 0.269. The third-order valence-electron chi connectivity index (χ3n) is 5.26. The van der Waals surface area contributed by atoms with Gasteiger partial charge in [-0.25, -0.2) is 4.79 Å². The highest BCUT2D eigenvalue weighted by molar-refractivity contribution is 5.67. The Morgan fingerprint density at radius 2 is 1.89 bits per heavy atom. The summed E-state index contributed by atoms with van der Waals surface area (Å²) in [5.41, 5.74) is 2.55. The summed E-state index contributed by atoms with van der Waals surface area (Å²) in [4.78, 5) is 25.9. The van der Waals surface area contributed by atoms with Crippen LogP contribution in [-0.4, -0.2) is 64.7 Å². The molecule has 0 saturated carbocycles. The lowest BCUT2D eigenvalue weighted by atomic mass is 9.94. The second-order valence-corrected chi connectivity index (χ2v) is 9.06. The van der Waals surface area contributed by atoms with Gasteiger partial charge in [-0.3, -0.25) is 9.97 Å². The second kappa shape index (κ2) is 10.2. The number of aromatic nitrogens is 2. The Morgan fingerprint density at radius 1 is 1.21 bits per heavy atom. The van der Waals surface area contributed by atoms with Crippen LogP contribution in [0.5, 0.6) is 0 Å². The molecule has 0 aliphatic carbocycles. The van der Waals surface area contributed by atoms with Gasteiger partial charge in [-0.05, 0) is 79.9 Å². The van der Waals surface area contributed by atoms with Gasteiger partial charge in [-0.2, -0.15) is 0 Å². The normalized spacial score (nSPS) is 16.6. The molecule has 1 aliphatic heterocycles. The van der Waals surface area contributed by atoms with Crippen LogP contribution in [0.15, 0.2) is 6.20 Å². The van der Waals surface area contributed by atoms with Crippen molar-refractivity contribution in [2.45, 2.75) is 78.2 Å². The van der Waals surface area contributed by atoms with Gasteiger partial charge in [0.1, 0.15) is 5.60 Å². The number of piperidine rings is 1. The molecule has 1 aliphatic rings. The molecule has 2 rings (SSSR count). The zero-order valence-corrected chi connectivity index (χ0v) is 18.6. The predicted molar refractivity (Wildman–Crippen MR) is 113 cm³/mol. The van der Waals surface area contributed by atoms with Crippen molar-refractivity contribution in [1.29, 1.82) is 0 Å². The van der Waals surface area contributed by atoms with Crippen LogP contribution in [-0.2, 0) is 4.74 Å². The van der Waals surface area contributed by atoms with E-state index in [0.717, 1.165) is 36.5 Å². The van der Waals surface area contributed by atoms with E-state index in [4.69, 9.17) is 9.72 Å². The number of hydrogen-bond donors (Lipinski definition) is 0. The monoisotopic (exact) mass is 390 g/mol. The number of nitrogens with zero attached hydrogens (tertiary/aromatic N) is 4. The van der Waals surface area contributed by atoms with Crippen molar-refractivity contribution >= 4 is 6.09 Å². The summed E-state index contributed by atoms with van der Waals surface area (Å²) in [5, 5.41) is 0. The molecular formula is C22H38N4O2. The van der Waals surface area contributed by atoms with Gasteiger partial charge in [-0.15, -0.1) is 0 Å². The van der Waals surface area contributed by atoms with Crippen molar-refractivity contribution in [2.24, 2.45) is 0 Å². The lowest BCUT2D eigenvalue weighted by molar-refractivity contribution is 0.0293. The van der Waals surface area contributed by atoms with Crippen LogP contribution in [0.3, 0.4) is 0 Å². The van der Waals surface area contributed by atoms with Crippen LogP contribution in [0, 0.1) is 13.8 Å². The van der Waals surface area contributed by atoms with E-state index in [1.807, 2.05) is 47.9 Å². The van der Waals surface area contributed by atoms with Gasteiger partial charge < -0.3 is 14.5 Å². The summed E-state index contributed by atoms with van der Waals surface area (Å²) in [6.45, 7) is 13.8. The minimum Gasteiger partial charge on any atom is -0.444 e. The first kappa shape index (κ1) is 22.6. The second-order valence-electron chi connectivity index (χ2n) is 9.06. The highest BCUT2D eigenvalue weighted by Gasteiger charge is 2.23. The smallest absolute Gasteiger partial charge is 0.410 e. The van der Waals surface area contributed by atoms with Crippen LogP contribution in [0.4, 0.5) is 4.79 Å². The van der Waals surface area contributed by atoms with E-state index in [1.165, 1.54) is 32.4 Å². The van der Waals surface area contributed by atoms with Gasteiger partial charge in [0, 0.05) is 25.7 Å². The van der Waals surface area contributed by atoms with Crippen LogP contribution in [0.25, 0.3) is 0 Å². The molecule has 1 fully saturated rings. The Bertz CT molecular complexity index is 636. The third-order valence-corrected chi connectivity index (χ3v) is 5.26. The quantitative estimate of drug-likeness (QED) is 0.694. The zero-order chi connectivity index (χ0) is 20.7. The number of amides is 1. The molecule has 0 radical (unpaired) electrons. The maximum absolute atomic E-state index is 12.3. The molecule has 158 valence electrons. The largest absolute Gasteiger partial charge is 0.444 e. The first-order chi connectivity index (χ1) is 13.2. The van der Waals surface area contributed by atoms with Gasteiger partial charge in [-0.1, -0.05) is 6.42 Å². The lowest BCUT2D eigenvalue weighted by Crippen LogP contribution is -2.35. The molecule has 1 saturated heterocycles. The SMILES string of the molecule is Cc1cnc(C)c(C(CCN2CCCCC2)CCN(C)C(=O)OC(C)(C)C)n1. The number of likely N-dealkylation sites (tertiary alicyclic amines) is 1. The molecule has 0 bridgehead atoms. The first-order valence-corrected chi connectivity index (χ1v) is 10.6. The molecule has 1 unspecified atom stereocenters. The van der Waals surface area contributed by atoms with Crippen molar-refractivity contribution in [3.8, 4) is 0 Å². The fourth-order valence-electron chi connectivity index (χ4n) is 3.66. The molecule has 6 nitrogen and oxygen atoms in total. The van der Waals surface area contributed by atoms with Gasteiger partial charge >= 0.3 is 6.09 Å². The van der Waals surface area contributed by atoms with E-state index in [2.05, 4.69) is 9.88 Å². The molecule has 1 aromatic rings. The Kier molecular flexibility index (Phi) is 8.23.